The number of carbonyl (C=O) groups excluding carboxylic acids is 1. The van der Waals surface area contributed by atoms with Crippen LogP contribution < -0.4 is 10.1 Å². The van der Waals surface area contributed by atoms with E-state index in [2.05, 4.69) is 15.5 Å². The average molecular weight is 331 g/mol. The first-order valence-electron chi connectivity index (χ1n) is 7.21. The van der Waals surface area contributed by atoms with Gasteiger partial charge in [0, 0.05) is 5.92 Å². The van der Waals surface area contributed by atoms with Crippen LogP contribution in [0.4, 0.5) is 5.13 Å². The maximum Gasteiger partial charge on any atom is 0.262 e. The highest BCUT2D eigenvalue weighted by atomic mass is 32.1. The number of benzene rings is 1. The van der Waals surface area contributed by atoms with Crippen molar-refractivity contribution in [1.29, 1.82) is 0 Å². The third-order valence-corrected chi connectivity index (χ3v) is 4.39. The molecule has 0 atom stereocenters. The van der Waals surface area contributed by atoms with E-state index in [1.54, 1.807) is 14.0 Å². The van der Waals surface area contributed by atoms with Crippen LogP contribution in [0.2, 0.25) is 0 Å². The van der Waals surface area contributed by atoms with E-state index in [0.717, 1.165) is 16.0 Å². The first kappa shape index (κ1) is 15.5. The fraction of sp³-hybridized carbons (Fsp3) is 0.312. The topological polar surface area (TPSA) is 77.2 Å². The Hall–Kier alpha value is -2.41. The molecule has 3 rings (SSSR count). The van der Waals surface area contributed by atoms with E-state index in [4.69, 9.17) is 9.26 Å². The lowest BCUT2D eigenvalue weighted by atomic mass is 10.0. The first-order valence-corrected chi connectivity index (χ1v) is 8.03. The standard InChI is InChI=1S/C16H17N3O3S/c1-8(2)14-13(9(3)19-22-14)15(20)18-16-17-11-6-5-10(21-4)7-12(11)23-16/h5-8H,1-4H3,(H,17,18,20). The molecule has 1 N–H and O–H groups in total. The van der Waals surface area contributed by atoms with Crippen LogP contribution in [0, 0.1) is 6.92 Å². The van der Waals surface area contributed by atoms with E-state index >= 15 is 0 Å². The lowest BCUT2D eigenvalue weighted by molar-refractivity contribution is 0.102. The predicted octanol–water partition coefficient (Wildman–Crippen LogP) is 3.98. The van der Waals surface area contributed by atoms with Crippen molar-refractivity contribution in [2.75, 3.05) is 12.4 Å². The third-order valence-electron chi connectivity index (χ3n) is 3.46. The van der Waals surface area contributed by atoms with Crippen LogP contribution in [0.1, 0.15) is 41.6 Å². The zero-order valence-corrected chi connectivity index (χ0v) is 14.2. The summed E-state index contributed by atoms with van der Waals surface area (Å²) in [6, 6.07) is 5.60. The summed E-state index contributed by atoms with van der Waals surface area (Å²) in [5, 5.41) is 7.27. The van der Waals surface area contributed by atoms with Crippen molar-refractivity contribution >= 4 is 32.6 Å². The molecule has 0 unspecified atom stereocenters. The molecule has 2 aromatic heterocycles. The summed E-state index contributed by atoms with van der Waals surface area (Å²) >= 11 is 1.40. The smallest absolute Gasteiger partial charge is 0.262 e. The summed E-state index contributed by atoms with van der Waals surface area (Å²) in [6.07, 6.45) is 0. The zero-order chi connectivity index (χ0) is 16.6. The molecule has 0 saturated carbocycles. The number of thiazole rings is 1. The largest absolute Gasteiger partial charge is 0.497 e. The van der Waals surface area contributed by atoms with Crippen molar-refractivity contribution in [3.63, 3.8) is 0 Å². The summed E-state index contributed by atoms with van der Waals surface area (Å²) in [6.45, 7) is 5.68. The molecule has 1 amide bonds. The number of amides is 1. The Balaban J connectivity index is 1.90. The molecule has 0 bridgehead atoms. The van der Waals surface area contributed by atoms with Gasteiger partial charge in [0.05, 0.1) is 23.0 Å². The molecule has 0 saturated heterocycles. The molecule has 0 fully saturated rings. The lowest BCUT2D eigenvalue weighted by Crippen LogP contribution is -2.14. The number of rotatable bonds is 4. The Morgan fingerprint density at radius 1 is 1.39 bits per heavy atom. The normalized spacial score (nSPS) is 11.2. The van der Waals surface area contributed by atoms with Crippen LogP contribution in [-0.2, 0) is 0 Å². The molecule has 3 aromatic rings. The van der Waals surface area contributed by atoms with E-state index in [1.807, 2.05) is 32.0 Å². The molecule has 6 nitrogen and oxygen atoms in total. The highest BCUT2D eigenvalue weighted by Gasteiger charge is 2.23. The predicted molar refractivity (Wildman–Crippen MR) is 89.5 cm³/mol. The Kier molecular flexibility index (Phi) is 4.04. The van der Waals surface area contributed by atoms with Gasteiger partial charge in [-0.25, -0.2) is 4.98 Å². The number of nitrogens with one attached hydrogen (secondary N) is 1. The molecule has 23 heavy (non-hydrogen) atoms. The van der Waals surface area contributed by atoms with Crippen LogP contribution in [0.3, 0.4) is 0 Å². The maximum atomic E-state index is 12.6. The number of ether oxygens (including phenoxy) is 1. The summed E-state index contributed by atoms with van der Waals surface area (Å²) in [5.41, 5.74) is 1.88. The van der Waals surface area contributed by atoms with Gasteiger partial charge in [0.2, 0.25) is 0 Å². The van der Waals surface area contributed by atoms with E-state index < -0.39 is 0 Å². The first-order chi connectivity index (χ1) is 11.0. The average Bonchev–Trinajstić information content (AvgIpc) is 3.08. The Morgan fingerprint density at radius 3 is 2.87 bits per heavy atom. The van der Waals surface area contributed by atoms with E-state index in [0.29, 0.717) is 22.1 Å². The highest BCUT2D eigenvalue weighted by molar-refractivity contribution is 7.22. The van der Waals surface area contributed by atoms with Gasteiger partial charge in [0.15, 0.2) is 10.9 Å². The van der Waals surface area contributed by atoms with Gasteiger partial charge in [-0.1, -0.05) is 30.3 Å². The molecular weight excluding hydrogens is 314 g/mol. The second-order valence-electron chi connectivity index (χ2n) is 5.47. The van der Waals surface area contributed by atoms with Crippen molar-refractivity contribution in [1.82, 2.24) is 10.1 Å². The number of aromatic nitrogens is 2. The Morgan fingerprint density at radius 2 is 2.17 bits per heavy atom. The summed E-state index contributed by atoms with van der Waals surface area (Å²) < 4.78 is 11.4. The summed E-state index contributed by atoms with van der Waals surface area (Å²) in [7, 11) is 1.62. The number of anilines is 1. The van der Waals surface area contributed by atoms with Crippen LogP contribution >= 0.6 is 11.3 Å². The minimum absolute atomic E-state index is 0.0802. The number of methoxy groups -OCH3 is 1. The minimum atomic E-state index is -0.251. The van der Waals surface area contributed by atoms with Gasteiger partial charge >= 0.3 is 0 Å². The van der Waals surface area contributed by atoms with Crippen molar-refractivity contribution in [2.24, 2.45) is 0 Å². The molecule has 0 spiro atoms. The molecule has 1 aromatic carbocycles. The maximum absolute atomic E-state index is 12.6. The molecule has 120 valence electrons. The fourth-order valence-corrected chi connectivity index (χ4v) is 3.19. The number of carbonyl (C=O) groups is 1. The van der Waals surface area contributed by atoms with Gasteiger partial charge in [0.25, 0.3) is 5.91 Å². The van der Waals surface area contributed by atoms with Crippen molar-refractivity contribution in [3.8, 4) is 5.75 Å². The summed E-state index contributed by atoms with van der Waals surface area (Å²) in [4.78, 5) is 17.0. The van der Waals surface area contributed by atoms with Crippen molar-refractivity contribution in [3.05, 3.63) is 35.2 Å². The number of aryl methyl sites for hydroxylation is 1. The van der Waals surface area contributed by atoms with Crippen molar-refractivity contribution in [2.45, 2.75) is 26.7 Å². The van der Waals surface area contributed by atoms with Crippen molar-refractivity contribution < 1.29 is 14.1 Å². The minimum Gasteiger partial charge on any atom is -0.497 e. The van der Waals surface area contributed by atoms with Gasteiger partial charge in [-0.15, -0.1) is 0 Å². The lowest BCUT2D eigenvalue weighted by Gasteiger charge is -2.04. The van der Waals surface area contributed by atoms with Gasteiger partial charge < -0.3 is 9.26 Å². The Labute approximate surface area is 137 Å². The molecule has 0 aliphatic heterocycles. The molecule has 7 heteroatoms. The second-order valence-corrected chi connectivity index (χ2v) is 6.50. The van der Waals surface area contributed by atoms with Gasteiger partial charge in [-0.05, 0) is 25.1 Å². The monoisotopic (exact) mass is 331 g/mol. The Bertz CT molecular complexity index is 867. The van der Waals surface area contributed by atoms with Crippen LogP contribution in [0.15, 0.2) is 22.7 Å². The van der Waals surface area contributed by atoms with Crippen LogP contribution in [0.5, 0.6) is 5.75 Å². The SMILES string of the molecule is COc1ccc2nc(NC(=O)c3c(C)noc3C(C)C)sc2c1. The van der Waals surface area contributed by atoms with Crippen LogP contribution in [0.25, 0.3) is 10.2 Å². The van der Waals surface area contributed by atoms with Gasteiger partial charge in [-0.3, -0.25) is 10.1 Å². The van der Waals surface area contributed by atoms with E-state index in [9.17, 15) is 4.79 Å². The van der Waals surface area contributed by atoms with Gasteiger partial charge in [-0.2, -0.15) is 0 Å². The van der Waals surface area contributed by atoms with Gasteiger partial charge in [0.1, 0.15) is 11.3 Å². The highest BCUT2D eigenvalue weighted by Crippen LogP contribution is 2.30. The molecule has 2 heterocycles. The molecule has 0 radical (unpaired) electrons. The number of fused-ring (bicyclic) bond motifs is 1. The number of nitrogens with zero attached hydrogens (tertiary/aromatic N) is 2. The van der Waals surface area contributed by atoms with Crippen LogP contribution in [-0.4, -0.2) is 23.2 Å². The molecule has 0 aliphatic carbocycles. The second kappa shape index (κ2) is 6.00. The van der Waals surface area contributed by atoms with E-state index in [-0.39, 0.29) is 11.8 Å². The van der Waals surface area contributed by atoms with E-state index in [1.165, 1.54) is 11.3 Å². The number of hydrogen-bond acceptors (Lipinski definition) is 6. The third kappa shape index (κ3) is 2.92. The fourth-order valence-electron chi connectivity index (χ4n) is 2.30. The summed E-state index contributed by atoms with van der Waals surface area (Å²) in [5.74, 6) is 1.17. The number of hydrogen-bond donors (Lipinski definition) is 1. The molecular formula is C16H17N3O3S. The zero-order valence-electron chi connectivity index (χ0n) is 13.3. The molecule has 0 aliphatic rings. The quantitative estimate of drug-likeness (QED) is 0.782.